The van der Waals surface area contributed by atoms with Gasteiger partial charge in [-0.2, -0.15) is 10.4 Å². The van der Waals surface area contributed by atoms with Crippen LogP contribution in [-0.4, -0.2) is 9.78 Å². The molecule has 0 fully saturated rings. The van der Waals surface area contributed by atoms with Gasteiger partial charge in [-0.05, 0) is 22.9 Å². The second-order valence-electron chi connectivity index (χ2n) is 5.68. The molecule has 0 N–H and O–H groups in total. The molecule has 0 bridgehead atoms. The van der Waals surface area contributed by atoms with E-state index in [0.29, 0.717) is 6.42 Å². The molecule has 4 rings (SSSR count). The Morgan fingerprint density at radius 2 is 1.62 bits per heavy atom. The van der Waals surface area contributed by atoms with Gasteiger partial charge in [0.1, 0.15) is 0 Å². The van der Waals surface area contributed by atoms with Gasteiger partial charge >= 0.3 is 0 Å². The molecule has 114 valence electrons. The van der Waals surface area contributed by atoms with E-state index in [4.69, 9.17) is 10.4 Å². The highest BCUT2D eigenvalue weighted by atomic mass is 15.3. The molecular formula is C21H15N3. The van der Waals surface area contributed by atoms with Crippen molar-refractivity contribution >= 4 is 10.8 Å². The van der Waals surface area contributed by atoms with Gasteiger partial charge in [-0.15, -0.1) is 0 Å². The summed E-state index contributed by atoms with van der Waals surface area (Å²) < 4.78 is 1.86. The van der Waals surface area contributed by atoms with Crippen LogP contribution in [0.4, 0.5) is 0 Å². The van der Waals surface area contributed by atoms with Gasteiger partial charge in [-0.25, -0.2) is 4.68 Å². The molecule has 3 heteroatoms. The Kier molecular flexibility index (Phi) is 3.57. The third-order valence-corrected chi connectivity index (χ3v) is 4.10. The molecule has 0 saturated heterocycles. The van der Waals surface area contributed by atoms with Crippen molar-refractivity contribution in [1.29, 1.82) is 5.26 Å². The first-order valence-corrected chi connectivity index (χ1v) is 7.85. The van der Waals surface area contributed by atoms with E-state index in [9.17, 15) is 0 Å². The second kappa shape index (κ2) is 6.02. The molecule has 0 aliphatic rings. The minimum Gasteiger partial charge on any atom is -0.240 e. The lowest BCUT2D eigenvalue weighted by atomic mass is 10.1. The smallest absolute Gasteiger partial charge is 0.0970 e. The lowest BCUT2D eigenvalue weighted by Gasteiger charge is -2.04. The van der Waals surface area contributed by atoms with E-state index in [2.05, 4.69) is 36.4 Å². The van der Waals surface area contributed by atoms with Crippen LogP contribution in [0.3, 0.4) is 0 Å². The fourth-order valence-electron chi connectivity index (χ4n) is 2.91. The summed E-state index contributed by atoms with van der Waals surface area (Å²) in [6.07, 6.45) is 2.30. The Morgan fingerprint density at radius 1 is 0.875 bits per heavy atom. The molecule has 3 nitrogen and oxygen atoms in total. The van der Waals surface area contributed by atoms with Crippen molar-refractivity contribution in [3.63, 3.8) is 0 Å². The van der Waals surface area contributed by atoms with E-state index in [0.717, 1.165) is 22.5 Å². The number of aromatic nitrogens is 2. The van der Waals surface area contributed by atoms with Crippen molar-refractivity contribution in [2.24, 2.45) is 0 Å². The number of rotatable bonds is 3. The topological polar surface area (TPSA) is 41.6 Å². The van der Waals surface area contributed by atoms with Crippen molar-refractivity contribution in [2.45, 2.75) is 6.42 Å². The maximum atomic E-state index is 9.13. The number of fused-ring (bicyclic) bond motifs is 1. The standard InChI is InChI=1S/C21H15N3/c22-13-12-19-15-24(23-21(19)17-7-2-1-3-8-17)20-11-10-16-6-4-5-9-18(16)14-20/h1-11,14-15H,12H2. The van der Waals surface area contributed by atoms with E-state index in [1.165, 1.54) is 10.8 Å². The van der Waals surface area contributed by atoms with Crippen LogP contribution >= 0.6 is 0 Å². The van der Waals surface area contributed by atoms with Crippen molar-refractivity contribution in [3.05, 3.63) is 84.6 Å². The summed E-state index contributed by atoms with van der Waals surface area (Å²) in [5.41, 5.74) is 3.83. The monoisotopic (exact) mass is 309 g/mol. The summed E-state index contributed by atoms with van der Waals surface area (Å²) in [7, 11) is 0. The van der Waals surface area contributed by atoms with E-state index < -0.39 is 0 Å². The molecule has 0 atom stereocenters. The Morgan fingerprint density at radius 3 is 2.42 bits per heavy atom. The first-order chi connectivity index (χ1) is 11.8. The molecular weight excluding hydrogens is 294 g/mol. The van der Waals surface area contributed by atoms with E-state index in [-0.39, 0.29) is 0 Å². The number of nitrogens with zero attached hydrogens (tertiary/aromatic N) is 3. The zero-order chi connectivity index (χ0) is 16.4. The maximum absolute atomic E-state index is 9.13. The molecule has 0 radical (unpaired) electrons. The molecule has 1 heterocycles. The Bertz CT molecular complexity index is 1040. The molecule has 0 aliphatic carbocycles. The van der Waals surface area contributed by atoms with Crippen molar-refractivity contribution in [3.8, 4) is 23.0 Å². The molecule has 0 unspecified atom stereocenters. The largest absolute Gasteiger partial charge is 0.240 e. The number of benzene rings is 3. The fourth-order valence-corrected chi connectivity index (χ4v) is 2.91. The normalized spacial score (nSPS) is 10.6. The molecule has 0 amide bonds. The predicted octanol–water partition coefficient (Wildman–Crippen LogP) is 4.76. The number of hydrogen-bond donors (Lipinski definition) is 0. The summed E-state index contributed by atoms with van der Waals surface area (Å²) in [6, 6.07) is 26.8. The third-order valence-electron chi connectivity index (χ3n) is 4.10. The van der Waals surface area contributed by atoms with Crippen LogP contribution in [0.15, 0.2) is 79.0 Å². The van der Waals surface area contributed by atoms with Gasteiger partial charge in [0.05, 0.1) is 23.9 Å². The van der Waals surface area contributed by atoms with Gasteiger partial charge < -0.3 is 0 Å². The van der Waals surface area contributed by atoms with Crippen LogP contribution in [0.1, 0.15) is 5.56 Å². The van der Waals surface area contributed by atoms with Crippen LogP contribution in [0.5, 0.6) is 0 Å². The lowest BCUT2D eigenvalue weighted by molar-refractivity contribution is 0.885. The van der Waals surface area contributed by atoms with Gasteiger partial charge in [0.2, 0.25) is 0 Å². The van der Waals surface area contributed by atoms with Gasteiger partial charge in [0.15, 0.2) is 0 Å². The lowest BCUT2D eigenvalue weighted by Crippen LogP contribution is -1.94. The van der Waals surface area contributed by atoms with Gasteiger partial charge in [-0.3, -0.25) is 0 Å². The molecule has 3 aromatic carbocycles. The van der Waals surface area contributed by atoms with Crippen LogP contribution in [0.2, 0.25) is 0 Å². The maximum Gasteiger partial charge on any atom is 0.0970 e. The van der Waals surface area contributed by atoms with Crippen LogP contribution in [0, 0.1) is 11.3 Å². The summed E-state index contributed by atoms with van der Waals surface area (Å²) in [5, 5.41) is 16.2. The van der Waals surface area contributed by atoms with Crippen LogP contribution in [0.25, 0.3) is 27.7 Å². The summed E-state index contributed by atoms with van der Waals surface area (Å²) in [4.78, 5) is 0. The average molecular weight is 309 g/mol. The Labute approximate surface area is 140 Å². The minimum absolute atomic E-state index is 0.345. The van der Waals surface area contributed by atoms with E-state index >= 15 is 0 Å². The number of nitriles is 1. The minimum atomic E-state index is 0.345. The summed E-state index contributed by atoms with van der Waals surface area (Å²) in [5.74, 6) is 0. The predicted molar refractivity (Wildman–Crippen MR) is 95.8 cm³/mol. The first-order valence-electron chi connectivity index (χ1n) is 7.85. The molecule has 1 aromatic heterocycles. The van der Waals surface area contributed by atoms with Gasteiger partial charge in [0.25, 0.3) is 0 Å². The Hall–Kier alpha value is -3.38. The quantitative estimate of drug-likeness (QED) is 0.547. The molecule has 24 heavy (non-hydrogen) atoms. The summed E-state index contributed by atoms with van der Waals surface area (Å²) >= 11 is 0. The highest BCUT2D eigenvalue weighted by molar-refractivity contribution is 5.84. The summed E-state index contributed by atoms with van der Waals surface area (Å²) in [6.45, 7) is 0. The molecule has 0 saturated carbocycles. The zero-order valence-corrected chi connectivity index (χ0v) is 13.1. The zero-order valence-electron chi connectivity index (χ0n) is 13.1. The molecule has 0 spiro atoms. The van der Waals surface area contributed by atoms with Gasteiger partial charge in [0, 0.05) is 17.3 Å². The number of hydrogen-bond acceptors (Lipinski definition) is 2. The fraction of sp³-hybridized carbons (Fsp3) is 0.0476. The van der Waals surface area contributed by atoms with Gasteiger partial charge in [-0.1, -0.05) is 60.7 Å². The first kappa shape index (κ1) is 14.2. The molecule has 0 aliphatic heterocycles. The van der Waals surface area contributed by atoms with E-state index in [1.54, 1.807) is 0 Å². The highest BCUT2D eigenvalue weighted by Crippen LogP contribution is 2.25. The molecule has 4 aromatic rings. The second-order valence-corrected chi connectivity index (χ2v) is 5.68. The SMILES string of the molecule is N#CCc1cn(-c2ccc3ccccc3c2)nc1-c1ccccc1. The third kappa shape index (κ3) is 2.55. The van der Waals surface area contributed by atoms with Crippen molar-refractivity contribution in [2.75, 3.05) is 0 Å². The van der Waals surface area contributed by atoms with E-state index in [1.807, 2.05) is 53.3 Å². The van der Waals surface area contributed by atoms with Crippen LogP contribution in [-0.2, 0) is 6.42 Å². The Balaban J connectivity index is 1.84. The van der Waals surface area contributed by atoms with Crippen LogP contribution < -0.4 is 0 Å². The van der Waals surface area contributed by atoms with Crippen molar-refractivity contribution < 1.29 is 0 Å². The highest BCUT2D eigenvalue weighted by Gasteiger charge is 2.12. The van der Waals surface area contributed by atoms with Crippen molar-refractivity contribution in [1.82, 2.24) is 9.78 Å². The average Bonchev–Trinajstić information content (AvgIpc) is 3.06.